The van der Waals surface area contributed by atoms with Crippen LogP contribution < -0.4 is 0 Å². The van der Waals surface area contributed by atoms with Crippen LogP contribution in [-0.2, 0) is 0 Å². The van der Waals surface area contributed by atoms with Gasteiger partial charge in [-0.3, -0.25) is 0 Å². The summed E-state index contributed by atoms with van der Waals surface area (Å²) in [7, 11) is -0.881. The van der Waals surface area contributed by atoms with E-state index < -0.39 is 7.26 Å². The normalized spacial score (nSPS) is 16.6. The molecule has 0 aromatic rings. The van der Waals surface area contributed by atoms with E-state index in [4.69, 9.17) is 0 Å². The fraction of sp³-hybridized carbons (Fsp3) is 1.00. The van der Waals surface area contributed by atoms with Gasteiger partial charge in [0.2, 0.25) is 0 Å². The summed E-state index contributed by atoms with van der Waals surface area (Å²) in [6.07, 6.45) is 4.28. The molecule has 0 saturated carbocycles. The molecular weight excluding hydrogens is 163 g/mol. The first-order chi connectivity index (χ1) is 5.40. The molecule has 0 spiro atoms. The SMILES string of the molecule is CCCC(C)C[PH](C)(C)C(C)C. The van der Waals surface area contributed by atoms with E-state index >= 15 is 0 Å². The van der Waals surface area contributed by atoms with Gasteiger partial charge in [-0.05, 0) is 0 Å². The van der Waals surface area contributed by atoms with Crippen LogP contribution in [0.1, 0.15) is 40.5 Å². The Bertz CT molecular complexity index is 116. The molecule has 0 heterocycles. The first-order valence-electron chi connectivity index (χ1n) is 5.40. The fourth-order valence-corrected chi connectivity index (χ4v) is 4.20. The van der Waals surface area contributed by atoms with E-state index in [9.17, 15) is 0 Å². The minimum atomic E-state index is -0.881. The third kappa shape index (κ3) is 4.45. The third-order valence-corrected chi connectivity index (χ3v) is 8.09. The minimum absolute atomic E-state index is 0.881. The summed E-state index contributed by atoms with van der Waals surface area (Å²) in [5.74, 6) is 0.957. The van der Waals surface area contributed by atoms with Crippen LogP contribution in [0.15, 0.2) is 0 Å². The van der Waals surface area contributed by atoms with E-state index in [1.165, 1.54) is 19.0 Å². The van der Waals surface area contributed by atoms with Crippen molar-refractivity contribution in [3.05, 3.63) is 0 Å². The van der Waals surface area contributed by atoms with E-state index in [0.29, 0.717) is 0 Å². The van der Waals surface area contributed by atoms with Crippen LogP contribution in [0.5, 0.6) is 0 Å². The number of hydrogen-bond acceptors (Lipinski definition) is 0. The molecule has 76 valence electrons. The van der Waals surface area contributed by atoms with Crippen LogP contribution in [0.3, 0.4) is 0 Å². The van der Waals surface area contributed by atoms with Crippen molar-refractivity contribution in [3.8, 4) is 0 Å². The zero-order chi connectivity index (χ0) is 9.78. The van der Waals surface area contributed by atoms with Gasteiger partial charge in [-0.1, -0.05) is 0 Å². The van der Waals surface area contributed by atoms with Crippen molar-refractivity contribution in [2.24, 2.45) is 5.92 Å². The maximum absolute atomic E-state index is 2.53. The van der Waals surface area contributed by atoms with Crippen molar-refractivity contribution in [1.82, 2.24) is 0 Å². The van der Waals surface area contributed by atoms with Gasteiger partial charge in [0, 0.05) is 0 Å². The second-order valence-corrected chi connectivity index (χ2v) is 10.8. The van der Waals surface area contributed by atoms with Crippen LogP contribution >= 0.6 is 7.26 Å². The third-order valence-electron chi connectivity index (χ3n) is 3.22. The molecule has 0 amide bonds. The average Bonchev–Trinajstić information content (AvgIpc) is 1.85. The molecule has 0 aromatic heterocycles. The van der Waals surface area contributed by atoms with Gasteiger partial charge in [-0.2, -0.15) is 0 Å². The number of rotatable bonds is 5. The van der Waals surface area contributed by atoms with Crippen LogP contribution in [-0.4, -0.2) is 25.2 Å². The van der Waals surface area contributed by atoms with Crippen LogP contribution in [0.2, 0.25) is 0 Å². The van der Waals surface area contributed by atoms with Gasteiger partial charge in [0.15, 0.2) is 0 Å². The summed E-state index contributed by atoms with van der Waals surface area (Å²) in [5.41, 5.74) is 0.941. The quantitative estimate of drug-likeness (QED) is 0.578. The van der Waals surface area contributed by atoms with E-state index in [-0.39, 0.29) is 0 Å². The van der Waals surface area contributed by atoms with Gasteiger partial charge < -0.3 is 0 Å². The van der Waals surface area contributed by atoms with E-state index in [0.717, 1.165) is 11.6 Å². The van der Waals surface area contributed by atoms with Crippen molar-refractivity contribution < 1.29 is 0 Å². The molecule has 0 nitrogen and oxygen atoms in total. The number of hydrogen-bond donors (Lipinski definition) is 0. The van der Waals surface area contributed by atoms with Crippen LogP contribution in [0.4, 0.5) is 0 Å². The van der Waals surface area contributed by atoms with E-state index in [1.54, 1.807) is 0 Å². The molecule has 0 rings (SSSR count). The van der Waals surface area contributed by atoms with Crippen molar-refractivity contribution in [2.45, 2.75) is 46.2 Å². The van der Waals surface area contributed by atoms with E-state index in [1.807, 2.05) is 0 Å². The molecule has 0 aromatic carbocycles. The van der Waals surface area contributed by atoms with Gasteiger partial charge in [0.1, 0.15) is 0 Å². The van der Waals surface area contributed by atoms with Gasteiger partial charge in [0.05, 0.1) is 0 Å². The standard InChI is InChI=1S/C11H27P/c1-7-8-11(4)9-12(5,6)10(2)3/h10-12H,7-9H2,1-6H3. The van der Waals surface area contributed by atoms with E-state index in [2.05, 4.69) is 41.0 Å². The molecule has 1 atom stereocenters. The summed E-state index contributed by atoms with van der Waals surface area (Å²) in [6, 6.07) is 0. The molecule has 1 heteroatoms. The van der Waals surface area contributed by atoms with Gasteiger partial charge in [-0.15, -0.1) is 0 Å². The monoisotopic (exact) mass is 190 g/mol. The summed E-state index contributed by atoms with van der Waals surface area (Å²) in [6.45, 7) is 14.6. The van der Waals surface area contributed by atoms with Crippen molar-refractivity contribution in [1.29, 1.82) is 0 Å². The summed E-state index contributed by atoms with van der Waals surface area (Å²) >= 11 is 0. The van der Waals surface area contributed by atoms with Crippen molar-refractivity contribution >= 4 is 7.26 Å². The molecule has 0 radical (unpaired) electrons. The molecule has 12 heavy (non-hydrogen) atoms. The van der Waals surface area contributed by atoms with Gasteiger partial charge in [-0.25, -0.2) is 0 Å². The maximum atomic E-state index is 2.53. The first kappa shape index (κ1) is 12.4. The predicted octanol–water partition coefficient (Wildman–Crippen LogP) is 3.84. The molecule has 0 aliphatic heterocycles. The molecule has 0 fully saturated rings. The Morgan fingerprint density at radius 1 is 1.08 bits per heavy atom. The van der Waals surface area contributed by atoms with Crippen LogP contribution in [0.25, 0.3) is 0 Å². The van der Waals surface area contributed by atoms with Gasteiger partial charge >= 0.3 is 78.9 Å². The second kappa shape index (κ2) is 5.22. The van der Waals surface area contributed by atoms with Crippen LogP contribution in [0, 0.1) is 5.92 Å². The molecular formula is C11H27P. The Morgan fingerprint density at radius 2 is 1.58 bits per heavy atom. The summed E-state index contributed by atoms with van der Waals surface area (Å²) in [5, 5.41) is 0. The summed E-state index contributed by atoms with van der Waals surface area (Å²) < 4.78 is 0. The fourth-order valence-electron chi connectivity index (χ4n) is 1.73. The Labute approximate surface area is 79.5 Å². The van der Waals surface area contributed by atoms with Gasteiger partial charge in [0.25, 0.3) is 0 Å². The molecule has 0 bridgehead atoms. The zero-order valence-electron chi connectivity index (χ0n) is 9.78. The zero-order valence-corrected chi connectivity index (χ0v) is 10.8. The Morgan fingerprint density at radius 3 is 1.92 bits per heavy atom. The average molecular weight is 190 g/mol. The second-order valence-electron chi connectivity index (χ2n) is 5.24. The molecule has 0 aliphatic rings. The molecule has 0 N–H and O–H groups in total. The topological polar surface area (TPSA) is 0 Å². The Kier molecular flexibility index (Phi) is 5.41. The summed E-state index contributed by atoms with van der Waals surface area (Å²) in [4.78, 5) is 0. The Balaban J connectivity index is 3.88. The predicted molar refractivity (Wildman–Crippen MR) is 64.2 cm³/mol. The van der Waals surface area contributed by atoms with Crippen molar-refractivity contribution in [2.75, 3.05) is 19.5 Å². The first-order valence-corrected chi connectivity index (χ1v) is 8.68. The Hall–Kier alpha value is 0.430. The van der Waals surface area contributed by atoms with Crippen molar-refractivity contribution in [3.63, 3.8) is 0 Å². The molecule has 1 unspecified atom stereocenters. The molecule has 0 saturated heterocycles. The molecule has 0 aliphatic carbocycles.